The number of aromatic nitrogens is 1. The van der Waals surface area contributed by atoms with Crippen molar-refractivity contribution in [3.8, 4) is 11.5 Å². The molecule has 0 saturated carbocycles. The molecule has 1 aliphatic rings. The number of rotatable bonds is 12. The number of carbonyl (C=O) groups is 4. The number of hydrogen-bond donors (Lipinski definition) is 5. The lowest BCUT2D eigenvalue weighted by Crippen LogP contribution is -2.49. The summed E-state index contributed by atoms with van der Waals surface area (Å²) >= 11 is 0. The van der Waals surface area contributed by atoms with E-state index in [0.29, 0.717) is 40.4 Å². The van der Waals surface area contributed by atoms with E-state index >= 15 is 0 Å². The first-order valence-electron chi connectivity index (χ1n) is 14.3. The molecular formula is C33H34N4O7. The summed E-state index contributed by atoms with van der Waals surface area (Å²) in [5.74, 6) is -2.14. The summed E-state index contributed by atoms with van der Waals surface area (Å²) in [6, 6.07) is 20.3. The van der Waals surface area contributed by atoms with E-state index in [9.17, 15) is 24.3 Å². The molecule has 1 aromatic heterocycles. The molecule has 11 heteroatoms. The maximum Gasteiger partial charge on any atom is 0.312 e. The van der Waals surface area contributed by atoms with Gasteiger partial charge in [0.2, 0.25) is 18.6 Å². The minimum Gasteiger partial charge on any atom is -0.481 e. The molecule has 44 heavy (non-hydrogen) atoms. The highest BCUT2D eigenvalue weighted by Crippen LogP contribution is 2.34. The number of H-pyrrole nitrogens is 1. The van der Waals surface area contributed by atoms with Crippen LogP contribution in [0.25, 0.3) is 10.9 Å². The minimum absolute atomic E-state index is 0.0209. The van der Waals surface area contributed by atoms with Crippen LogP contribution in [0, 0.1) is 5.92 Å². The van der Waals surface area contributed by atoms with Crippen molar-refractivity contribution in [2.24, 2.45) is 5.92 Å². The lowest BCUT2D eigenvalue weighted by molar-refractivity contribution is -0.139. The number of para-hydroxylation sites is 1. The molecular weight excluding hydrogens is 564 g/mol. The zero-order valence-electron chi connectivity index (χ0n) is 24.4. The van der Waals surface area contributed by atoms with Gasteiger partial charge in [-0.2, -0.15) is 0 Å². The Morgan fingerprint density at radius 3 is 2.41 bits per heavy atom. The topological polar surface area (TPSA) is 159 Å². The molecule has 0 unspecified atom stereocenters. The zero-order valence-corrected chi connectivity index (χ0v) is 24.4. The molecule has 0 saturated heterocycles. The Hall–Kier alpha value is -5.32. The number of carbonyl (C=O) groups excluding carboxylic acids is 3. The standard InChI is InChI=1S/C33H34N4O7/c1-19(2)13-26(31(39)34-17-24(33(41)42)21-9-12-28-29(16-21)44-18-43-28)37-30(38)14-20-7-10-23(11-8-20)35-32(40)27-15-22-5-3-4-6-25(22)36-27/h3-12,15-16,19,24,26,36H,13-14,17-18H2,1-2H3,(H,34,39)(H,35,40)(H,37,38)(H,41,42)/t24-,26+/m1/s1. The van der Waals surface area contributed by atoms with Crippen LogP contribution in [0.5, 0.6) is 11.5 Å². The molecule has 0 aliphatic carbocycles. The molecule has 3 amide bonds. The van der Waals surface area contributed by atoms with Crippen LogP contribution in [0.3, 0.4) is 0 Å². The summed E-state index contributed by atoms with van der Waals surface area (Å²) in [6.45, 7) is 3.77. The zero-order chi connectivity index (χ0) is 31.2. The van der Waals surface area contributed by atoms with Gasteiger partial charge in [0, 0.05) is 23.1 Å². The highest BCUT2D eigenvalue weighted by molar-refractivity contribution is 6.06. The van der Waals surface area contributed by atoms with Crippen molar-refractivity contribution in [3.05, 3.63) is 89.6 Å². The van der Waals surface area contributed by atoms with Crippen LogP contribution >= 0.6 is 0 Å². The van der Waals surface area contributed by atoms with Crippen molar-refractivity contribution in [1.29, 1.82) is 0 Å². The quantitative estimate of drug-likeness (QED) is 0.163. The summed E-state index contributed by atoms with van der Waals surface area (Å²) in [7, 11) is 0. The Bertz CT molecular complexity index is 1650. The predicted molar refractivity (Wildman–Crippen MR) is 164 cm³/mol. The molecule has 0 radical (unpaired) electrons. The lowest BCUT2D eigenvalue weighted by Gasteiger charge is -2.22. The van der Waals surface area contributed by atoms with Crippen molar-refractivity contribution in [2.45, 2.75) is 38.6 Å². The van der Waals surface area contributed by atoms with Gasteiger partial charge in [0.1, 0.15) is 11.7 Å². The van der Waals surface area contributed by atoms with Crippen molar-refractivity contribution >= 4 is 40.3 Å². The Morgan fingerprint density at radius 2 is 1.68 bits per heavy atom. The molecule has 228 valence electrons. The maximum absolute atomic E-state index is 13.1. The van der Waals surface area contributed by atoms with E-state index in [1.54, 1.807) is 48.5 Å². The van der Waals surface area contributed by atoms with Crippen LogP contribution in [-0.2, 0) is 20.8 Å². The van der Waals surface area contributed by atoms with E-state index in [-0.39, 0.29) is 37.5 Å². The summed E-state index contributed by atoms with van der Waals surface area (Å²) < 4.78 is 10.6. The molecule has 5 N–H and O–H groups in total. The first-order chi connectivity index (χ1) is 21.2. The second-order valence-electron chi connectivity index (χ2n) is 11.1. The minimum atomic E-state index is -1.10. The third-order valence-electron chi connectivity index (χ3n) is 7.29. The fraction of sp³-hybridized carbons (Fsp3) is 0.273. The van der Waals surface area contributed by atoms with Crippen molar-refractivity contribution in [2.75, 3.05) is 18.7 Å². The second-order valence-corrected chi connectivity index (χ2v) is 11.1. The van der Waals surface area contributed by atoms with E-state index in [1.165, 1.54) is 0 Å². The molecule has 0 spiro atoms. The lowest BCUT2D eigenvalue weighted by atomic mass is 9.98. The first-order valence-corrected chi connectivity index (χ1v) is 14.3. The number of ether oxygens (including phenoxy) is 2. The van der Waals surface area contributed by atoms with Crippen LogP contribution in [0.2, 0.25) is 0 Å². The van der Waals surface area contributed by atoms with Crippen LogP contribution in [-0.4, -0.2) is 53.2 Å². The highest BCUT2D eigenvalue weighted by Gasteiger charge is 2.27. The third kappa shape index (κ3) is 7.35. The number of fused-ring (bicyclic) bond motifs is 2. The molecule has 11 nitrogen and oxygen atoms in total. The van der Waals surface area contributed by atoms with Gasteiger partial charge in [-0.3, -0.25) is 19.2 Å². The summed E-state index contributed by atoms with van der Waals surface area (Å²) in [5.41, 5.74) is 3.05. The molecule has 0 bridgehead atoms. The van der Waals surface area contributed by atoms with Crippen molar-refractivity contribution in [1.82, 2.24) is 15.6 Å². The van der Waals surface area contributed by atoms with Gasteiger partial charge in [-0.05, 0) is 59.9 Å². The van der Waals surface area contributed by atoms with E-state index in [1.807, 2.05) is 38.1 Å². The average molecular weight is 599 g/mol. The maximum atomic E-state index is 13.1. The number of aromatic amines is 1. The highest BCUT2D eigenvalue weighted by atomic mass is 16.7. The number of anilines is 1. The van der Waals surface area contributed by atoms with E-state index in [2.05, 4.69) is 20.9 Å². The van der Waals surface area contributed by atoms with Gasteiger partial charge in [0.15, 0.2) is 11.5 Å². The number of amides is 3. The number of carboxylic acid groups (broad SMARTS) is 1. The normalized spacial score (nSPS) is 13.3. The third-order valence-corrected chi connectivity index (χ3v) is 7.29. The monoisotopic (exact) mass is 598 g/mol. The van der Waals surface area contributed by atoms with Crippen molar-refractivity contribution in [3.63, 3.8) is 0 Å². The largest absolute Gasteiger partial charge is 0.481 e. The van der Waals surface area contributed by atoms with Crippen LogP contribution in [0.4, 0.5) is 5.69 Å². The van der Waals surface area contributed by atoms with Gasteiger partial charge in [-0.15, -0.1) is 0 Å². The predicted octanol–water partition coefficient (Wildman–Crippen LogP) is 4.21. The molecule has 1 aliphatic heterocycles. The Labute approximate surface area is 253 Å². The first kappa shape index (κ1) is 30.1. The molecule has 5 rings (SSSR count). The fourth-order valence-electron chi connectivity index (χ4n) is 5.04. The van der Waals surface area contributed by atoms with E-state index in [4.69, 9.17) is 9.47 Å². The van der Waals surface area contributed by atoms with Gasteiger partial charge >= 0.3 is 5.97 Å². The van der Waals surface area contributed by atoms with Gasteiger partial charge in [0.25, 0.3) is 5.91 Å². The molecule has 2 atom stereocenters. The molecule has 0 fully saturated rings. The number of aliphatic carboxylic acids is 1. The molecule has 2 heterocycles. The van der Waals surface area contributed by atoms with Crippen LogP contribution in [0.1, 0.15) is 47.8 Å². The van der Waals surface area contributed by atoms with Crippen LogP contribution < -0.4 is 25.4 Å². The molecule has 3 aromatic carbocycles. The number of nitrogens with one attached hydrogen (secondary N) is 4. The molecule has 4 aromatic rings. The van der Waals surface area contributed by atoms with Crippen LogP contribution in [0.15, 0.2) is 72.8 Å². The smallest absolute Gasteiger partial charge is 0.312 e. The van der Waals surface area contributed by atoms with Crippen molar-refractivity contribution < 1.29 is 33.8 Å². The Balaban J connectivity index is 1.16. The van der Waals surface area contributed by atoms with Gasteiger partial charge in [-0.1, -0.05) is 50.2 Å². The van der Waals surface area contributed by atoms with Gasteiger partial charge < -0.3 is 35.5 Å². The second kappa shape index (κ2) is 13.3. The van der Waals surface area contributed by atoms with Gasteiger partial charge in [-0.25, -0.2) is 0 Å². The fourth-order valence-corrected chi connectivity index (χ4v) is 5.04. The summed E-state index contributed by atoms with van der Waals surface area (Å²) in [6.07, 6.45) is 0.394. The summed E-state index contributed by atoms with van der Waals surface area (Å²) in [5, 5.41) is 19.1. The SMILES string of the molecule is CC(C)C[C@H](NC(=O)Cc1ccc(NC(=O)c2cc3ccccc3[nH]2)cc1)C(=O)NC[C@@H](C(=O)O)c1ccc2c(c1)OCO2. The van der Waals surface area contributed by atoms with Gasteiger partial charge in [0.05, 0.1) is 12.3 Å². The number of hydrogen-bond acceptors (Lipinski definition) is 6. The Kier molecular flexibility index (Phi) is 9.13. The van der Waals surface area contributed by atoms with E-state index < -0.39 is 23.8 Å². The number of carboxylic acids is 1. The summed E-state index contributed by atoms with van der Waals surface area (Å²) in [4.78, 5) is 53.9. The number of benzene rings is 3. The average Bonchev–Trinajstić information content (AvgIpc) is 3.64. The Morgan fingerprint density at radius 1 is 0.932 bits per heavy atom. The van der Waals surface area contributed by atoms with E-state index in [0.717, 1.165) is 10.9 Å².